The van der Waals surface area contributed by atoms with Crippen LogP contribution in [0.15, 0.2) is 32.9 Å². The molecular formula is C11H7FN2O4S2. The van der Waals surface area contributed by atoms with E-state index in [9.17, 15) is 19.3 Å². The maximum Gasteiger partial charge on any atom is 0.340 e. The van der Waals surface area contributed by atoms with E-state index in [1.54, 1.807) is 11.6 Å². The van der Waals surface area contributed by atoms with Crippen LogP contribution < -0.4 is 0 Å². The largest absolute Gasteiger partial charge is 0.465 e. The summed E-state index contributed by atoms with van der Waals surface area (Å²) in [5.74, 6) is -1.88. The van der Waals surface area contributed by atoms with Crippen LogP contribution in [0.5, 0.6) is 0 Å². The van der Waals surface area contributed by atoms with Crippen molar-refractivity contribution in [3.8, 4) is 0 Å². The van der Waals surface area contributed by atoms with Crippen LogP contribution in [0.2, 0.25) is 0 Å². The van der Waals surface area contributed by atoms with E-state index >= 15 is 0 Å². The fourth-order valence-corrected chi connectivity index (χ4v) is 3.09. The number of esters is 1. The lowest BCUT2D eigenvalue weighted by Crippen LogP contribution is -2.06. The van der Waals surface area contributed by atoms with Crippen LogP contribution in [0.1, 0.15) is 10.4 Å². The van der Waals surface area contributed by atoms with E-state index in [0.717, 1.165) is 24.9 Å². The number of rotatable bonds is 4. The van der Waals surface area contributed by atoms with Crippen molar-refractivity contribution in [2.45, 2.75) is 9.24 Å². The highest BCUT2D eigenvalue weighted by Crippen LogP contribution is 2.37. The Balaban J connectivity index is 2.51. The van der Waals surface area contributed by atoms with Gasteiger partial charge in [-0.2, -0.15) is 0 Å². The molecule has 0 fully saturated rings. The molecule has 0 N–H and O–H groups in total. The Kier molecular flexibility index (Phi) is 4.30. The monoisotopic (exact) mass is 314 g/mol. The van der Waals surface area contributed by atoms with Gasteiger partial charge >= 0.3 is 5.97 Å². The third-order valence-electron chi connectivity index (χ3n) is 2.26. The minimum absolute atomic E-state index is 0.131. The number of hydrogen-bond acceptors (Lipinski definition) is 7. The molecule has 1 aromatic carbocycles. The Labute approximate surface area is 120 Å². The van der Waals surface area contributed by atoms with Crippen LogP contribution in [0.25, 0.3) is 0 Å². The molecule has 1 heterocycles. The van der Waals surface area contributed by atoms with E-state index in [0.29, 0.717) is 10.4 Å². The highest BCUT2D eigenvalue weighted by Gasteiger charge is 2.23. The van der Waals surface area contributed by atoms with Gasteiger partial charge in [0.15, 0.2) is 4.34 Å². The zero-order valence-corrected chi connectivity index (χ0v) is 11.7. The third-order valence-corrected chi connectivity index (χ3v) is 4.19. The van der Waals surface area contributed by atoms with Crippen molar-refractivity contribution >= 4 is 34.8 Å². The number of carbonyl (C=O) groups excluding carboxylic acids is 1. The van der Waals surface area contributed by atoms with Gasteiger partial charge in [-0.05, 0) is 6.07 Å². The first-order chi connectivity index (χ1) is 9.52. The number of halogens is 1. The third kappa shape index (κ3) is 2.94. The fraction of sp³-hybridized carbons (Fsp3) is 0.0909. The lowest BCUT2D eigenvalue weighted by molar-refractivity contribution is -0.387. The van der Waals surface area contributed by atoms with Crippen LogP contribution in [0, 0.1) is 15.9 Å². The molecule has 0 unspecified atom stereocenters. The molecule has 0 aliphatic heterocycles. The first-order valence-electron chi connectivity index (χ1n) is 5.16. The number of nitrogens with zero attached hydrogens (tertiary/aromatic N) is 2. The van der Waals surface area contributed by atoms with Crippen molar-refractivity contribution in [2.24, 2.45) is 0 Å². The normalized spacial score (nSPS) is 10.3. The number of carbonyl (C=O) groups is 1. The molecule has 9 heteroatoms. The van der Waals surface area contributed by atoms with E-state index in [1.807, 2.05) is 0 Å². The minimum Gasteiger partial charge on any atom is -0.465 e. The van der Waals surface area contributed by atoms with Crippen LogP contribution in [0.4, 0.5) is 10.1 Å². The van der Waals surface area contributed by atoms with Crippen molar-refractivity contribution in [2.75, 3.05) is 7.11 Å². The molecule has 0 saturated heterocycles. The number of benzene rings is 1. The number of ether oxygens (including phenoxy) is 1. The SMILES string of the molecule is COC(=O)c1cc(Sc2nccs2)c([N+](=O)[O-])cc1F. The highest BCUT2D eigenvalue weighted by molar-refractivity contribution is 8.01. The maximum atomic E-state index is 13.7. The first-order valence-corrected chi connectivity index (χ1v) is 6.86. The topological polar surface area (TPSA) is 82.3 Å². The van der Waals surface area contributed by atoms with Gasteiger partial charge in [0.05, 0.1) is 28.6 Å². The number of nitro benzene ring substituents is 1. The summed E-state index contributed by atoms with van der Waals surface area (Å²) in [4.78, 5) is 25.8. The van der Waals surface area contributed by atoms with Gasteiger partial charge in [-0.3, -0.25) is 10.1 Å². The summed E-state index contributed by atoms with van der Waals surface area (Å²) in [5.41, 5.74) is -0.771. The van der Waals surface area contributed by atoms with E-state index in [4.69, 9.17) is 0 Å². The van der Waals surface area contributed by atoms with Crippen LogP contribution in [0.3, 0.4) is 0 Å². The molecule has 2 rings (SSSR count). The van der Waals surface area contributed by atoms with Crippen LogP contribution >= 0.6 is 23.1 Å². The van der Waals surface area contributed by atoms with Crippen LogP contribution in [-0.2, 0) is 4.74 Å². The molecular weight excluding hydrogens is 307 g/mol. The second kappa shape index (κ2) is 5.97. The van der Waals surface area contributed by atoms with Crippen molar-refractivity contribution in [3.05, 3.63) is 45.2 Å². The van der Waals surface area contributed by atoms with E-state index in [-0.39, 0.29) is 10.5 Å². The van der Waals surface area contributed by atoms with E-state index < -0.39 is 22.4 Å². The molecule has 0 saturated carbocycles. The number of hydrogen-bond donors (Lipinski definition) is 0. The second-order valence-electron chi connectivity index (χ2n) is 3.45. The molecule has 1 aromatic heterocycles. The number of aromatic nitrogens is 1. The number of thiazole rings is 1. The van der Waals surface area contributed by atoms with Gasteiger partial charge in [0, 0.05) is 11.6 Å². The maximum absolute atomic E-state index is 13.7. The van der Waals surface area contributed by atoms with Gasteiger partial charge in [0.25, 0.3) is 5.69 Å². The molecule has 0 atom stereocenters. The summed E-state index contributed by atoms with van der Waals surface area (Å²) in [6.45, 7) is 0. The Hall–Kier alpha value is -2.00. The Bertz CT molecular complexity index is 661. The fourth-order valence-electron chi connectivity index (χ4n) is 1.39. The van der Waals surface area contributed by atoms with Crippen molar-refractivity contribution in [1.29, 1.82) is 0 Å². The highest BCUT2D eigenvalue weighted by atomic mass is 32.2. The predicted octanol–water partition coefficient (Wildman–Crippen LogP) is 3.13. The van der Waals surface area contributed by atoms with Gasteiger partial charge in [-0.25, -0.2) is 14.2 Å². The van der Waals surface area contributed by atoms with Gasteiger partial charge in [-0.15, -0.1) is 11.3 Å². The summed E-state index contributed by atoms with van der Waals surface area (Å²) < 4.78 is 18.7. The average Bonchev–Trinajstić information content (AvgIpc) is 2.92. The average molecular weight is 314 g/mol. The molecule has 2 aromatic rings. The molecule has 6 nitrogen and oxygen atoms in total. The van der Waals surface area contributed by atoms with Crippen LogP contribution in [-0.4, -0.2) is 23.0 Å². The molecule has 0 spiro atoms. The molecule has 0 amide bonds. The molecule has 0 radical (unpaired) electrons. The first kappa shape index (κ1) is 14.4. The number of methoxy groups -OCH3 is 1. The Morgan fingerprint density at radius 3 is 2.85 bits per heavy atom. The van der Waals surface area contributed by atoms with E-state index in [1.165, 1.54) is 11.3 Å². The molecule has 0 aliphatic carbocycles. The summed E-state index contributed by atoms with van der Waals surface area (Å²) in [6, 6.07) is 1.81. The molecule has 0 bridgehead atoms. The lowest BCUT2D eigenvalue weighted by atomic mass is 10.2. The summed E-state index contributed by atoms with van der Waals surface area (Å²) in [7, 11) is 1.11. The zero-order chi connectivity index (χ0) is 14.7. The second-order valence-corrected chi connectivity index (χ2v) is 5.63. The molecule has 104 valence electrons. The predicted molar refractivity (Wildman–Crippen MR) is 70.6 cm³/mol. The van der Waals surface area contributed by atoms with Gasteiger partial charge < -0.3 is 4.74 Å². The standard InChI is InChI=1S/C11H7FN2O4S2/c1-18-10(15)6-4-9(20-11-13-2-3-19-11)8(14(16)17)5-7(6)12/h2-5H,1H3. The van der Waals surface area contributed by atoms with Gasteiger partial charge in [-0.1, -0.05) is 11.8 Å². The van der Waals surface area contributed by atoms with E-state index in [2.05, 4.69) is 9.72 Å². The summed E-state index contributed by atoms with van der Waals surface area (Å²) in [5, 5.41) is 12.7. The summed E-state index contributed by atoms with van der Waals surface area (Å²) >= 11 is 2.27. The Morgan fingerprint density at radius 2 is 2.30 bits per heavy atom. The molecule has 0 aliphatic rings. The minimum atomic E-state index is -0.993. The van der Waals surface area contributed by atoms with Crippen molar-refractivity contribution < 1.29 is 18.8 Å². The molecule has 20 heavy (non-hydrogen) atoms. The van der Waals surface area contributed by atoms with Crippen molar-refractivity contribution in [1.82, 2.24) is 4.98 Å². The van der Waals surface area contributed by atoms with Crippen molar-refractivity contribution in [3.63, 3.8) is 0 Å². The Morgan fingerprint density at radius 1 is 1.55 bits per heavy atom. The number of nitro groups is 1. The lowest BCUT2D eigenvalue weighted by Gasteiger charge is -2.05. The zero-order valence-electron chi connectivity index (χ0n) is 10.0. The van der Waals surface area contributed by atoms with Gasteiger partial charge in [0.2, 0.25) is 0 Å². The summed E-state index contributed by atoms with van der Waals surface area (Å²) in [6.07, 6.45) is 1.55. The quantitative estimate of drug-likeness (QED) is 0.490. The van der Waals surface area contributed by atoms with Gasteiger partial charge in [0.1, 0.15) is 5.82 Å². The smallest absolute Gasteiger partial charge is 0.340 e.